The first kappa shape index (κ1) is 22.7. The second kappa shape index (κ2) is 9.91. The molecule has 0 aliphatic heterocycles. The number of aromatic nitrogens is 1. The number of anilines is 1. The highest BCUT2D eigenvalue weighted by Crippen LogP contribution is 2.40. The van der Waals surface area contributed by atoms with Crippen LogP contribution < -0.4 is 10.6 Å². The van der Waals surface area contributed by atoms with Crippen molar-refractivity contribution in [3.63, 3.8) is 0 Å². The third kappa shape index (κ3) is 5.81. The van der Waals surface area contributed by atoms with Crippen LogP contribution in [-0.2, 0) is 25.8 Å². The van der Waals surface area contributed by atoms with Crippen molar-refractivity contribution in [2.75, 3.05) is 18.4 Å². The van der Waals surface area contributed by atoms with Gasteiger partial charge in [0, 0.05) is 23.0 Å². The van der Waals surface area contributed by atoms with E-state index in [1.807, 2.05) is 25.1 Å². The molecular formula is C21H31N3O5S. The first-order valence-corrected chi connectivity index (χ1v) is 12.0. The molecule has 2 atom stereocenters. The number of hydrogen-bond acceptors (Lipinski definition) is 5. The third-order valence-corrected chi connectivity index (χ3v) is 5.92. The lowest BCUT2D eigenvalue weighted by molar-refractivity contribution is -0.116. The van der Waals surface area contributed by atoms with E-state index in [0.717, 1.165) is 55.2 Å². The number of H-pyrrole nitrogens is 1. The maximum Gasteiger partial charge on any atom is 0.397 e. The number of carbonyl (C=O) groups is 1. The van der Waals surface area contributed by atoms with Crippen LogP contribution >= 0.6 is 0 Å². The largest absolute Gasteiger partial charge is 0.397 e. The van der Waals surface area contributed by atoms with E-state index in [0.29, 0.717) is 24.2 Å². The van der Waals surface area contributed by atoms with Crippen molar-refractivity contribution >= 4 is 32.9 Å². The fourth-order valence-electron chi connectivity index (χ4n) is 4.08. The zero-order valence-corrected chi connectivity index (χ0v) is 18.3. The summed E-state index contributed by atoms with van der Waals surface area (Å²) in [6.07, 6.45) is 3.88. The van der Waals surface area contributed by atoms with E-state index >= 15 is 0 Å². The molecule has 0 fully saturated rings. The third-order valence-electron chi connectivity index (χ3n) is 5.44. The second-order valence-electron chi connectivity index (χ2n) is 7.95. The summed E-state index contributed by atoms with van der Waals surface area (Å²) in [5.41, 5.74) is 3.19. The number of hydrogen-bond donors (Lipinski definition) is 4. The Morgan fingerprint density at radius 2 is 2.10 bits per heavy atom. The summed E-state index contributed by atoms with van der Waals surface area (Å²) in [4.78, 5) is 15.2. The predicted octanol–water partition coefficient (Wildman–Crippen LogP) is 3.72. The van der Waals surface area contributed by atoms with Gasteiger partial charge in [-0.1, -0.05) is 20.3 Å². The molecule has 0 bridgehead atoms. The van der Waals surface area contributed by atoms with Crippen molar-refractivity contribution in [2.24, 2.45) is 5.92 Å². The van der Waals surface area contributed by atoms with Gasteiger partial charge in [0.15, 0.2) is 0 Å². The Bertz CT molecular complexity index is 986. The minimum Gasteiger partial charge on any atom is -0.356 e. The summed E-state index contributed by atoms with van der Waals surface area (Å²) < 4.78 is 37.1. The summed E-state index contributed by atoms with van der Waals surface area (Å²) in [6.45, 7) is 5.73. The average molecular weight is 438 g/mol. The predicted molar refractivity (Wildman–Crippen MR) is 117 cm³/mol. The van der Waals surface area contributed by atoms with E-state index < -0.39 is 16.5 Å². The number of nitrogens with one attached hydrogen (secondary N) is 3. The number of aromatic amines is 1. The lowest BCUT2D eigenvalue weighted by Gasteiger charge is -2.28. The molecule has 1 amide bonds. The molecule has 3 rings (SSSR count). The molecule has 1 aromatic heterocycles. The Labute approximate surface area is 177 Å². The molecule has 1 aliphatic rings. The Balaban J connectivity index is 1.90. The van der Waals surface area contributed by atoms with Crippen LogP contribution in [0.1, 0.15) is 63.3 Å². The summed E-state index contributed by atoms with van der Waals surface area (Å²) >= 11 is 0. The number of fused-ring (bicyclic) bond motifs is 3. The molecule has 2 unspecified atom stereocenters. The Morgan fingerprint density at radius 3 is 2.80 bits per heavy atom. The quantitative estimate of drug-likeness (QED) is 0.332. The molecule has 4 N–H and O–H groups in total. The van der Waals surface area contributed by atoms with Gasteiger partial charge in [0.1, 0.15) is 6.10 Å². The van der Waals surface area contributed by atoms with Crippen molar-refractivity contribution < 1.29 is 21.9 Å². The lowest BCUT2D eigenvalue weighted by Crippen LogP contribution is -2.30. The van der Waals surface area contributed by atoms with Crippen molar-refractivity contribution in [1.29, 1.82) is 0 Å². The first-order chi connectivity index (χ1) is 14.3. The number of carbonyl (C=O) groups excluding carboxylic acids is 1. The molecule has 1 heterocycles. The number of unbranched alkanes of at least 4 members (excludes halogenated alkanes) is 1. The molecule has 30 heavy (non-hydrogen) atoms. The van der Waals surface area contributed by atoms with Crippen LogP contribution in [0.25, 0.3) is 10.9 Å². The van der Waals surface area contributed by atoms with Crippen LogP contribution in [0.3, 0.4) is 0 Å². The maximum absolute atomic E-state index is 12.0. The molecule has 8 nitrogen and oxygen atoms in total. The molecule has 0 radical (unpaired) electrons. The Morgan fingerprint density at radius 1 is 1.30 bits per heavy atom. The molecule has 1 aliphatic carbocycles. The van der Waals surface area contributed by atoms with Crippen LogP contribution in [0.4, 0.5) is 5.69 Å². The van der Waals surface area contributed by atoms with Gasteiger partial charge in [0.25, 0.3) is 0 Å². The van der Waals surface area contributed by atoms with E-state index in [-0.39, 0.29) is 11.8 Å². The van der Waals surface area contributed by atoms with Gasteiger partial charge in [0.05, 0.1) is 5.69 Å². The van der Waals surface area contributed by atoms with Crippen LogP contribution in [-0.4, -0.2) is 37.0 Å². The topological polar surface area (TPSA) is 121 Å². The highest BCUT2D eigenvalue weighted by molar-refractivity contribution is 7.80. The zero-order valence-electron chi connectivity index (χ0n) is 17.5. The standard InChI is InChI=1S/C21H31N3O5S/c1-3-5-9-22-13-14-10-17-16-12-15(23-20(25)6-4-2)7-8-18(16)24-21(17)19(11-14)29-30(26,27)28/h7-8,12,14,19,22,24H,3-6,9-11,13H2,1-2H3,(H,23,25)(H,26,27,28). The summed E-state index contributed by atoms with van der Waals surface area (Å²) in [5.74, 6) is 0.130. The summed E-state index contributed by atoms with van der Waals surface area (Å²) in [6, 6.07) is 5.60. The number of amides is 1. The molecule has 1 aromatic carbocycles. The van der Waals surface area contributed by atoms with E-state index in [1.165, 1.54) is 0 Å². The molecular weight excluding hydrogens is 406 g/mol. The minimum atomic E-state index is -4.58. The maximum atomic E-state index is 12.0. The fourth-order valence-corrected chi connectivity index (χ4v) is 4.55. The average Bonchev–Trinajstić information content (AvgIpc) is 3.03. The molecule has 0 saturated heterocycles. The van der Waals surface area contributed by atoms with Crippen molar-refractivity contribution in [1.82, 2.24) is 10.3 Å². The smallest absolute Gasteiger partial charge is 0.356 e. The van der Waals surface area contributed by atoms with E-state index in [4.69, 9.17) is 4.18 Å². The fraction of sp³-hybridized carbons (Fsp3) is 0.571. The van der Waals surface area contributed by atoms with Crippen molar-refractivity contribution in [3.05, 3.63) is 29.5 Å². The van der Waals surface area contributed by atoms with Crippen LogP contribution in [0.5, 0.6) is 0 Å². The number of benzene rings is 1. The highest BCUT2D eigenvalue weighted by Gasteiger charge is 2.33. The van der Waals surface area contributed by atoms with Gasteiger partial charge in [-0.3, -0.25) is 9.35 Å². The highest BCUT2D eigenvalue weighted by atomic mass is 32.3. The van der Waals surface area contributed by atoms with E-state index in [2.05, 4.69) is 22.5 Å². The molecule has 0 spiro atoms. The van der Waals surface area contributed by atoms with Gasteiger partial charge in [-0.2, -0.15) is 8.42 Å². The van der Waals surface area contributed by atoms with Crippen LogP contribution in [0, 0.1) is 5.92 Å². The van der Waals surface area contributed by atoms with Gasteiger partial charge in [-0.15, -0.1) is 0 Å². The Hall–Kier alpha value is -1.94. The summed E-state index contributed by atoms with van der Waals surface area (Å²) in [7, 11) is -4.58. The first-order valence-electron chi connectivity index (χ1n) is 10.6. The van der Waals surface area contributed by atoms with E-state index in [9.17, 15) is 17.8 Å². The van der Waals surface area contributed by atoms with Crippen LogP contribution in [0.15, 0.2) is 18.2 Å². The molecule has 0 saturated carbocycles. The van der Waals surface area contributed by atoms with Crippen molar-refractivity contribution in [2.45, 2.75) is 58.5 Å². The SMILES string of the molecule is CCCCNCC1Cc2c([nH]c3ccc(NC(=O)CCC)cc23)C(OS(=O)(=O)O)C1. The number of rotatable bonds is 10. The molecule has 166 valence electrons. The minimum absolute atomic E-state index is 0.0353. The lowest BCUT2D eigenvalue weighted by atomic mass is 9.84. The van der Waals surface area contributed by atoms with Gasteiger partial charge < -0.3 is 15.6 Å². The Kier molecular flexibility index (Phi) is 7.51. The van der Waals surface area contributed by atoms with Gasteiger partial charge in [0.2, 0.25) is 5.91 Å². The van der Waals surface area contributed by atoms with Crippen LogP contribution in [0.2, 0.25) is 0 Å². The van der Waals surface area contributed by atoms with Gasteiger partial charge >= 0.3 is 10.4 Å². The van der Waals surface area contributed by atoms with E-state index in [1.54, 1.807) is 0 Å². The monoisotopic (exact) mass is 437 g/mol. The molecule has 9 heteroatoms. The normalized spacial score (nSPS) is 19.0. The second-order valence-corrected chi connectivity index (χ2v) is 9.00. The summed E-state index contributed by atoms with van der Waals surface area (Å²) in [5, 5.41) is 7.27. The zero-order chi connectivity index (χ0) is 21.7. The molecule has 2 aromatic rings. The van der Waals surface area contributed by atoms with Gasteiger partial charge in [-0.05, 0) is 68.5 Å². The van der Waals surface area contributed by atoms with Crippen molar-refractivity contribution in [3.8, 4) is 0 Å². The van der Waals surface area contributed by atoms with Gasteiger partial charge in [-0.25, -0.2) is 4.18 Å².